The molecule has 0 radical (unpaired) electrons. The van der Waals surface area contributed by atoms with E-state index in [1.54, 1.807) is 36.5 Å². The molecule has 0 atom stereocenters. The van der Waals surface area contributed by atoms with E-state index in [1.165, 1.54) is 26.4 Å². The van der Waals surface area contributed by atoms with Crippen LogP contribution in [0.15, 0.2) is 59.6 Å². The third kappa shape index (κ3) is 7.91. The van der Waals surface area contributed by atoms with Crippen LogP contribution in [-0.4, -0.2) is 46.2 Å². The van der Waals surface area contributed by atoms with E-state index < -0.39 is 22.0 Å². The lowest BCUT2D eigenvalue weighted by Crippen LogP contribution is -2.41. The van der Waals surface area contributed by atoms with Gasteiger partial charge in [-0.1, -0.05) is 19.4 Å². The maximum atomic E-state index is 13.0. The van der Waals surface area contributed by atoms with Crippen molar-refractivity contribution in [2.75, 3.05) is 20.8 Å². The molecule has 2 amide bonds. The average Bonchev–Trinajstić information content (AvgIpc) is 2.94. The van der Waals surface area contributed by atoms with E-state index >= 15 is 0 Å². The van der Waals surface area contributed by atoms with Gasteiger partial charge in [0, 0.05) is 23.9 Å². The Kier molecular flexibility index (Phi) is 10.2. The van der Waals surface area contributed by atoms with Crippen LogP contribution in [0.2, 0.25) is 0 Å². The Hall–Kier alpha value is -4.16. The highest BCUT2D eigenvalue weighted by Gasteiger charge is 2.25. The second kappa shape index (κ2) is 13.6. The zero-order valence-electron chi connectivity index (χ0n) is 22.2. The van der Waals surface area contributed by atoms with Crippen LogP contribution in [0.1, 0.15) is 41.3 Å². The fourth-order valence-corrected chi connectivity index (χ4v) is 4.82. The van der Waals surface area contributed by atoms with Crippen LogP contribution in [-0.2, 0) is 21.3 Å². The van der Waals surface area contributed by atoms with E-state index in [1.807, 2.05) is 19.9 Å². The minimum Gasteiger partial charge on any atom is -0.495 e. The summed E-state index contributed by atoms with van der Waals surface area (Å²) in [5.41, 5.74) is 5.22. The number of nitrogens with one attached hydrogen (secondary N) is 3. The predicted molar refractivity (Wildman–Crippen MR) is 145 cm³/mol. The summed E-state index contributed by atoms with van der Waals surface area (Å²) < 4.78 is 41.4. The first-order chi connectivity index (χ1) is 18.7. The van der Waals surface area contributed by atoms with E-state index in [-0.39, 0.29) is 28.5 Å². The van der Waals surface area contributed by atoms with Crippen molar-refractivity contribution in [1.29, 1.82) is 0 Å². The van der Waals surface area contributed by atoms with Gasteiger partial charge in [0.25, 0.3) is 15.9 Å². The van der Waals surface area contributed by atoms with Crippen LogP contribution >= 0.6 is 0 Å². The Morgan fingerprint density at radius 3 is 2.38 bits per heavy atom. The summed E-state index contributed by atoms with van der Waals surface area (Å²) in [6.45, 7) is 4.43. The van der Waals surface area contributed by atoms with Crippen molar-refractivity contribution in [2.24, 2.45) is 0 Å². The Morgan fingerprint density at radius 2 is 1.72 bits per heavy atom. The van der Waals surface area contributed by atoms with E-state index in [4.69, 9.17) is 14.2 Å². The van der Waals surface area contributed by atoms with Gasteiger partial charge >= 0.3 is 6.09 Å². The monoisotopic (exact) mass is 556 g/mol. The molecule has 208 valence electrons. The molecule has 3 N–H and O–H groups in total. The molecule has 0 saturated carbocycles. The number of hydrogen-bond donors (Lipinski definition) is 3. The van der Waals surface area contributed by atoms with E-state index in [0.29, 0.717) is 17.9 Å². The van der Waals surface area contributed by atoms with Gasteiger partial charge in [-0.15, -0.1) is 4.83 Å². The number of hydrogen-bond acceptors (Lipinski definition) is 8. The molecule has 3 aromatic rings. The zero-order valence-corrected chi connectivity index (χ0v) is 23.1. The number of benzene rings is 2. The molecule has 2 aromatic carbocycles. The highest BCUT2D eigenvalue weighted by molar-refractivity contribution is 7.89. The Bertz CT molecular complexity index is 1410. The average molecular weight is 557 g/mol. The minimum absolute atomic E-state index is 0.0589. The number of sulfonamides is 1. The molecule has 0 bridgehead atoms. The molecular weight excluding hydrogens is 524 g/mol. The molecule has 0 aliphatic carbocycles. The maximum Gasteiger partial charge on any atom is 0.407 e. The third-order valence-corrected chi connectivity index (χ3v) is 6.89. The lowest BCUT2D eigenvalue weighted by molar-refractivity contribution is 0.0945. The van der Waals surface area contributed by atoms with Crippen molar-refractivity contribution in [1.82, 2.24) is 20.6 Å². The molecule has 1 aromatic heterocycles. The molecule has 1 heterocycles. The topological polar surface area (TPSA) is 145 Å². The second-order valence-corrected chi connectivity index (χ2v) is 10.2. The van der Waals surface area contributed by atoms with Gasteiger partial charge in [0.05, 0.1) is 26.5 Å². The third-order valence-electron chi connectivity index (χ3n) is 5.58. The summed E-state index contributed by atoms with van der Waals surface area (Å²) >= 11 is 0. The zero-order chi connectivity index (χ0) is 28.4. The quantitative estimate of drug-likeness (QED) is 0.226. The van der Waals surface area contributed by atoms with Crippen LogP contribution in [0.3, 0.4) is 0 Å². The first kappa shape index (κ1) is 29.4. The summed E-state index contributed by atoms with van der Waals surface area (Å²) in [4.78, 5) is 31.0. The van der Waals surface area contributed by atoms with Gasteiger partial charge in [0.2, 0.25) is 0 Å². The van der Waals surface area contributed by atoms with Crippen molar-refractivity contribution in [2.45, 2.75) is 38.1 Å². The fraction of sp³-hybridized carbons (Fsp3) is 0.296. The molecule has 0 aliphatic rings. The van der Waals surface area contributed by atoms with Crippen molar-refractivity contribution >= 4 is 22.0 Å². The van der Waals surface area contributed by atoms with Gasteiger partial charge in [-0.2, -0.15) is 0 Å². The molecule has 39 heavy (non-hydrogen) atoms. The van der Waals surface area contributed by atoms with E-state index in [0.717, 1.165) is 24.0 Å². The highest BCUT2D eigenvalue weighted by atomic mass is 32.2. The predicted octanol–water partition coefficient (Wildman–Crippen LogP) is 3.72. The molecule has 0 aliphatic heterocycles. The highest BCUT2D eigenvalue weighted by Crippen LogP contribution is 2.32. The summed E-state index contributed by atoms with van der Waals surface area (Å²) in [5, 5.41) is 2.70. The van der Waals surface area contributed by atoms with Crippen LogP contribution in [0, 0.1) is 6.92 Å². The Labute approximate surface area is 227 Å². The SMILES string of the molecule is CCCCOC(=O)NCc1ccnc(-c2cc(C)cc(C(=O)NNS(=O)(=O)c3c(OC)cccc3OC)c2)c1. The molecular formula is C27H32N4O7S. The largest absolute Gasteiger partial charge is 0.495 e. The van der Waals surface area contributed by atoms with Gasteiger partial charge in [-0.3, -0.25) is 15.2 Å². The maximum absolute atomic E-state index is 13.0. The van der Waals surface area contributed by atoms with Crippen LogP contribution in [0.4, 0.5) is 4.79 Å². The first-order valence-corrected chi connectivity index (χ1v) is 13.7. The number of alkyl carbamates (subject to hydrolysis) is 1. The Morgan fingerprint density at radius 1 is 1.00 bits per heavy atom. The standard InChI is InChI=1S/C27H32N4O7S/c1-5-6-12-38-27(33)29-17-19-10-11-28-22(15-19)20-13-18(2)14-21(16-20)26(32)30-31-39(34,35)25-23(36-3)8-7-9-24(25)37-4/h7-11,13-16,31H,5-6,12,17H2,1-4H3,(H,29,33)(H,30,32). The number of unbranched alkanes of at least 4 members (excludes halogenated alkanes) is 1. The van der Waals surface area contributed by atoms with E-state index in [2.05, 4.69) is 20.6 Å². The number of pyridine rings is 1. The fourth-order valence-electron chi connectivity index (χ4n) is 3.66. The summed E-state index contributed by atoms with van der Waals surface area (Å²) in [6, 6.07) is 13.1. The first-order valence-electron chi connectivity index (χ1n) is 12.2. The van der Waals surface area contributed by atoms with Gasteiger partial charge in [-0.25, -0.2) is 13.2 Å². The molecule has 0 saturated heterocycles. The van der Waals surface area contributed by atoms with Gasteiger partial charge in [0.1, 0.15) is 11.5 Å². The molecule has 0 fully saturated rings. The molecule has 12 heteroatoms. The second-order valence-electron chi connectivity index (χ2n) is 8.53. The minimum atomic E-state index is -4.24. The number of nitrogens with zero attached hydrogens (tertiary/aromatic N) is 1. The number of hydrazine groups is 1. The van der Waals surface area contributed by atoms with Crippen LogP contribution < -0.4 is 25.0 Å². The van der Waals surface area contributed by atoms with Crippen LogP contribution in [0.5, 0.6) is 11.5 Å². The lowest BCUT2D eigenvalue weighted by atomic mass is 10.0. The summed E-state index contributed by atoms with van der Waals surface area (Å²) in [7, 11) is -1.57. The lowest BCUT2D eigenvalue weighted by Gasteiger charge is -2.15. The van der Waals surface area contributed by atoms with Crippen molar-refractivity contribution in [3.05, 3.63) is 71.4 Å². The number of ether oxygens (including phenoxy) is 3. The number of aromatic nitrogens is 1. The van der Waals surface area contributed by atoms with Crippen molar-refractivity contribution < 1.29 is 32.2 Å². The smallest absolute Gasteiger partial charge is 0.407 e. The van der Waals surface area contributed by atoms with Crippen molar-refractivity contribution in [3.63, 3.8) is 0 Å². The number of amides is 2. The number of carbonyl (C=O) groups excluding carboxylic acids is 2. The molecule has 0 unspecified atom stereocenters. The molecule has 3 rings (SSSR count). The molecule has 11 nitrogen and oxygen atoms in total. The number of aryl methyl sites for hydroxylation is 1. The number of methoxy groups -OCH3 is 2. The Balaban J connectivity index is 1.74. The summed E-state index contributed by atoms with van der Waals surface area (Å²) in [6.07, 6.45) is 2.84. The van der Waals surface area contributed by atoms with E-state index in [9.17, 15) is 18.0 Å². The summed E-state index contributed by atoms with van der Waals surface area (Å²) in [5.74, 6) is -0.558. The van der Waals surface area contributed by atoms with Crippen LogP contribution in [0.25, 0.3) is 11.3 Å². The van der Waals surface area contributed by atoms with Gasteiger partial charge < -0.3 is 19.5 Å². The van der Waals surface area contributed by atoms with Crippen molar-refractivity contribution in [3.8, 4) is 22.8 Å². The van der Waals surface area contributed by atoms with Gasteiger partial charge in [0.15, 0.2) is 4.90 Å². The number of carbonyl (C=O) groups is 2. The normalized spacial score (nSPS) is 11.0. The molecule has 0 spiro atoms. The number of rotatable bonds is 12. The van der Waals surface area contributed by atoms with Gasteiger partial charge in [-0.05, 0) is 66.9 Å².